The van der Waals surface area contributed by atoms with Gasteiger partial charge in [-0.1, -0.05) is 54.1 Å². The van der Waals surface area contributed by atoms with E-state index in [1.165, 1.54) is 0 Å². The minimum Gasteiger partial charge on any atom is -0.489 e. The van der Waals surface area contributed by atoms with Crippen LogP contribution in [0.25, 0.3) is 0 Å². The number of esters is 1. The first kappa shape index (κ1) is 20.1. The van der Waals surface area contributed by atoms with Crippen molar-refractivity contribution in [2.75, 3.05) is 5.32 Å². The molecule has 0 saturated heterocycles. The van der Waals surface area contributed by atoms with Gasteiger partial charge in [-0.15, -0.1) is 0 Å². The van der Waals surface area contributed by atoms with E-state index in [9.17, 15) is 9.59 Å². The Morgan fingerprint density at radius 1 is 0.897 bits per heavy atom. The molecule has 0 saturated carbocycles. The van der Waals surface area contributed by atoms with Gasteiger partial charge >= 0.3 is 5.97 Å². The molecule has 0 spiro atoms. The number of hydrogen-bond acceptors (Lipinski definition) is 4. The topological polar surface area (TPSA) is 64.6 Å². The van der Waals surface area contributed by atoms with E-state index < -0.39 is 12.1 Å². The SMILES string of the molecule is Cc1ccc(NC(=O)[C@H](C)OC(=O)c2ccccc2COc2ccccc2)cc1. The van der Waals surface area contributed by atoms with E-state index in [0.29, 0.717) is 22.6 Å². The molecule has 3 aromatic carbocycles. The van der Waals surface area contributed by atoms with Crippen molar-refractivity contribution in [3.05, 3.63) is 95.6 Å². The predicted molar refractivity (Wildman–Crippen MR) is 112 cm³/mol. The Morgan fingerprint density at radius 3 is 2.28 bits per heavy atom. The van der Waals surface area contributed by atoms with Gasteiger partial charge in [0.15, 0.2) is 6.10 Å². The van der Waals surface area contributed by atoms with E-state index in [1.807, 2.05) is 55.5 Å². The van der Waals surface area contributed by atoms with Crippen LogP contribution in [0.5, 0.6) is 5.75 Å². The van der Waals surface area contributed by atoms with Gasteiger partial charge in [-0.3, -0.25) is 4.79 Å². The third-order valence-corrected chi connectivity index (χ3v) is 4.35. The molecule has 1 N–H and O–H groups in total. The van der Waals surface area contributed by atoms with Crippen LogP contribution in [0, 0.1) is 6.92 Å². The Morgan fingerprint density at radius 2 is 1.55 bits per heavy atom. The summed E-state index contributed by atoms with van der Waals surface area (Å²) in [6.45, 7) is 3.73. The number of hydrogen-bond donors (Lipinski definition) is 1. The maximum absolute atomic E-state index is 12.6. The molecule has 0 unspecified atom stereocenters. The van der Waals surface area contributed by atoms with Gasteiger partial charge in [0, 0.05) is 11.3 Å². The summed E-state index contributed by atoms with van der Waals surface area (Å²) in [6.07, 6.45) is -0.938. The van der Waals surface area contributed by atoms with Crippen LogP contribution in [0.15, 0.2) is 78.9 Å². The highest BCUT2D eigenvalue weighted by Crippen LogP contribution is 2.17. The number of rotatable bonds is 7. The van der Waals surface area contributed by atoms with Gasteiger partial charge < -0.3 is 14.8 Å². The molecular formula is C24H23NO4. The monoisotopic (exact) mass is 389 g/mol. The van der Waals surface area contributed by atoms with Gasteiger partial charge in [-0.2, -0.15) is 0 Å². The molecule has 3 aromatic rings. The van der Waals surface area contributed by atoms with Crippen LogP contribution in [-0.4, -0.2) is 18.0 Å². The largest absolute Gasteiger partial charge is 0.489 e. The number of carbonyl (C=O) groups is 2. The molecule has 0 heterocycles. The fourth-order valence-electron chi connectivity index (χ4n) is 2.68. The molecule has 29 heavy (non-hydrogen) atoms. The lowest BCUT2D eigenvalue weighted by molar-refractivity contribution is -0.123. The molecule has 1 amide bonds. The van der Waals surface area contributed by atoms with Crippen LogP contribution in [0.4, 0.5) is 5.69 Å². The van der Waals surface area contributed by atoms with Crippen molar-refractivity contribution < 1.29 is 19.1 Å². The van der Waals surface area contributed by atoms with Crippen molar-refractivity contribution in [3.63, 3.8) is 0 Å². The molecular weight excluding hydrogens is 366 g/mol. The standard InChI is InChI=1S/C24H23NO4/c1-17-12-14-20(15-13-17)25-23(26)18(2)29-24(27)22-11-7-6-8-19(22)16-28-21-9-4-3-5-10-21/h3-15,18H,16H2,1-2H3,(H,25,26)/t18-/m0/s1. The molecule has 0 bridgehead atoms. The quantitative estimate of drug-likeness (QED) is 0.592. The van der Waals surface area contributed by atoms with Gasteiger partial charge in [0.05, 0.1) is 5.56 Å². The van der Waals surface area contributed by atoms with Crippen molar-refractivity contribution >= 4 is 17.6 Å². The first-order valence-electron chi connectivity index (χ1n) is 9.37. The number of anilines is 1. The summed E-state index contributed by atoms with van der Waals surface area (Å²) in [6, 6.07) is 23.8. The van der Waals surface area contributed by atoms with Gasteiger partial charge in [0.2, 0.25) is 0 Å². The normalized spacial score (nSPS) is 11.4. The van der Waals surface area contributed by atoms with Crippen LogP contribution >= 0.6 is 0 Å². The minimum absolute atomic E-state index is 0.221. The first-order valence-corrected chi connectivity index (χ1v) is 9.37. The second kappa shape index (κ2) is 9.55. The summed E-state index contributed by atoms with van der Waals surface area (Å²) in [5.41, 5.74) is 2.81. The van der Waals surface area contributed by atoms with Crippen LogP contribution in [0.1, 0.15) is 28.4 Å². The molecule has 0 aromatic heterocycles. The molecule has 0 aliphatic heterocycles. The Balaban J connectivity index is 1.62. The fraction of sp³-hybridized carbons (Fsp3) is 0.167. The number of nitrogens with one attached hydrogen (secondary N) is 1. The average molecular weight is 389 g/mol. The molecule has 0 aliphatic carbocycles. The van der Waals surface area contributed by atoms with E-state index in [2.05, 4.69) is 5.32 Å². The lowest BCUT2D eigenvalue weighted by Crippen LogP contribution is -2.30. The summed E-state index contributed by atoms with van der Waals surface area (Å²) >= 11 is 0. The van der Waals surface area contributed by atoms with Crippen molar-refractivity contribution in [1.82, 2.24) is 0 Å². The Kier molecular flexibility index (Phi) is 6.63. The van der Waals surface area contributed by atoms with Gasteiger partial charge in [0.1, 0.15) is 12.4 Å². The number of amides is 1. The van der Waals surface area contributed by atoms with Crippen molar-refractivity contribution in [1.29, 1.82) is 0 Å². The number of carbonyl (C=O) groups excluding carboxylic acids is 2. The lowest BCUT2D eigenvalue weighted by Gasteiger charge is -2.15. The molecule has 0 aliphatic rings. The van der Waals surface area contributed by atoms with Gasteiger partial charge in [-0.25, -0.2) is 4.79 Å². The molecule has 0 radical (unpaired) electrons. The van der Waals surface area contributed by atoms with Gasteiger partial charge in [-0.05, 0) is 44.2 Å². The number of para-hydroxylation sites is 1. The fourth-order valence-corrected chi connectivity index (χ4v) is 2.68. The second-order valence-corrected chi connectivity index (χ2v) is 6.66. The van der Waals surface area contributed by atoms with Crippen LogP contribution in [-0.2, 0) is 16.1 Å². The second-order valence-electron chi connectivity index (χ2n) is 6.66. The van der Waals surface area contributed by atoms with E-state index >= 15 is 0 Å². The lowest BCUT2D eigenvalue weighted by atomic mass is 10.1. The molecule has 148 valence electrons. The summed E-state index contributed by atoms with van der Waals surface area (Å²) in [7, 11) is 0. The van der Waals surface area contributed by atoms with Crippen molar-refractivity contribution in [2.24, 2.45) is 0 Å². The smallest absolute Gasteiger partial charge is 0.339 e. The van der Waals surface area contributed by atoms with E-state index in [4.69, 9.17) is 9.47 Å². The number of aryl methyl sites for hydroxylation is 1. The Bertz CT molecular complexity index is 968. The average Bonchev–Trinajstić information content (AvgIpc) is 2.74. The zero-order valence-electron chi connectivity index (χ0n) is 16.4. The molecule has 5 heteroatoms. The summed E-state index contributed by atoms with van der Waals surface area (Å²) < 4.78 is 11.1. The highest BCUT2D eigenvalue weighted by atomic mass is 16.5. The molecule has 3 rings (SSSR count). The van der Waals surface area contributed by atoms with Crippen molar-refractivity contribution in [3.8, 4) is 5.75 Å². The highest BCUT2D eigenvalue weighted by molar-refractivity contribution is 5.97. The van der Waals surface area contributed by atoms with Crippen molar-refractivity contribution in [2.45, 2.75) is 26.6 Å². The maximum atomic E-state index is 12.6. The van der Waals surface area contributed by atoms with Crippen LogP contribution < -0.4 is 10.1 Å². The maximum Gasteiger partial charge on any atom is 0.339 e. The summed E-state index contributed by atoms with van der Waals surface area (Å²) in [5, 5.41) is 2.75. The third-order valence-electron chi connectivity index (χ3n) is 4.35. The zero-order chi connectivity index (χ0) is 20.6. The molecule has 1 atom stereocenters. The van der Waals surface area contributed by atoms with Crippen LogP contribution in [0.2, 0.25) is 0 Å². The molecule has 0 fully saturated rings. The Labute approximate surface area is 170 Å². The first-order chi connectivity index (χ1) is 14.0. The van der Waals surface area contributed by atoms with E-state index in [-0.39, 0.29) is 12.5 Å². The van der Waals surface area contributed by atoms with E-state index in [0.717, 1.165) is 5.56 Å². The van der Waals surface area contributed by atoms with E-state index in [1.54, 1.807) is 37.3 Å². The summed E-state index contributed by atoms with van der Waals surface area (Å²) in [4.78, 5) is 25.0. The highest BCUT2D eigenvalue weighted by Gasteiger charge is 2.21. The predicted octanol–water partition coefficient (Wildman–Crippen LogP) is 4.76. The Hall–Kier alpha value is -3.60. The number of benzene rings is 3. The third kappa shape index (κ3) is 5.69. The molecule has 5 nitrogen and oxygen atoms in total. The summed E-state index contributed by atoms with van der Waals surface area (Å²) in [5.74, 6) is -0.245. The van der Waals surface area contributed by atoms with Gasteiger partial charge in [0.25, 0.3) is 5.91 Å². The zero-order valence-corrected chi connectivity index (χ0v) is 16.4. The van der Waals surface area contributed by atoms with Crippen LogP contribution in [0.3, 0.4) is 0 Å². The number of ether oxygens (including phenoxy) is 2. The minimum atomic E-state index is -0.938.